The Labute approximate surface area is 269 Å². The van der Waals surface area contributed by atoms with E-state index in [4.69, 9.17) is 5.11 Å². The molecule has 0 aliphatic carbocycles. The van der Waals surface area contributed by atoms with E-state index >= 15 is 0 Å². The minimum atomic E-state index is -3.22. The van der Waals surface area contributed by atoms with Crippen LogP contribution in [-0.4, -0.2) is 67.8 Å². The van der Waals surface area contributed by atoms with Crippen LogP contribution in [0.25, 0.3) is 11.1 Å². The number of hydrogen-bond acceptors (Lipinski definition) is 9. The van der Waals surface area contributed by atoms with E-state index in [1.54, 1.807) is 30.6 Å². The third-order valence-corrected chi connectivity index (χ3v) is 7.91. The summed E-state index contributed by atoms with van der Waals surface area (Å²) in [4.78, 5) is 34.6. The molecular weight excluding hydrogens is 606 g/mol. The zero-order chi connectivity index (χ0) is 33.1. The lowest BCUT2D eigenvalue weighted by atomic mass is 9.94. The van der Waals surface area contributed by atoms with Crippen LogP contribution in [0.2, 0.25) is 0 Å². The molecule has 2 heterocycles. The maximum absolute atomic E-state index is 13.1. The van der Waals surface area contributed by atoms with E-state index in [0.717, 1.165) is 39.6 Å². The van der Waals surface area contributed by atoms with Crippen molar-refractivity contribution >= 4 is 33.2 Å². The minimum Gasteiger partial charge on any atom is -0.395 e. The highest BCUT2D eigenvalue weighted by Crippen LogP contribution is 2.34. The Balaban J connectivity index is 1.40. The van der Waals surface area contributed by atoms with Gasteiger partial charge in [0.2, 0.25) is 10.0 Å². The van der Waals surface area contributed by atoms with Crippen molar-refractivity contribution in [3.05, 3.63) is 107 Å². The lowest BCUT2D eigenvalue weighted by Gasteiger charge is -2.17. The van der Waals surface area contributed by atoms with Gasteiger partial charge in [0.05, 0.1) is 12.9 Å². The van der Waals surface area contributed by atoms with Gasteiger partial charge >= 0.3 is 0 Å². The predicted octanol–water partition coefficient (Wildman–Crippen LogP) is 2.99. The van der Waals surface area contributed by atoms with Gasteiger partial charge in [-0.3, -0.25) is 19.6 Å². The fourth-order valence-electron chi connectivity index (χ4n) is 4.69. The van der Waals surface area contributed by atoms with E-state index in [-0.39, 0.29) is 36.4 Å². The van der Waals surface area contributed by atoms with Crippen molar-refractivity contribution in [2.45, 2.75) is 26.9 Å². The minimum absolute atomic E-state index is 0.0501. The van der Waals surface area contributed by atoms with Crippen LogP contribution in [0.1, 0.15) is 43.2 Å². The van der Waals surface area contributed by atoms with Crippen LogP contribution >= 0.6 is 0 Å². The SMILES string of the molecule is Cc1c(NC(=O)c2ccc(CNCCO)cn2)cccc1-c1cccc(NC(=O)c2ccc(CNCCNS(C)(=O)=O)cn2)c1C. The van der Waals surface area contributed by atoms with E-state index < -0.39 is 10.0 Å². The molecule has 0 saturated carbocycles. The number of amides is 2. The average molecular weight is 646 g/mol. The summed E-state index contributed by atoms with van der Waals surface area (Å²) in [6.07, 6.45) is 4.36. The molecule has 46 heavy (non-hydrogen) atoms. The Kier molecular flexibility index (Phi) is 12.1. The summed E-state index contributed by atoms with van der Waals surface area (Å²) in [6, 6.07) is 18.3. The highest BCUT2D eigenvalue weighted by molar-refractivity contribution is 7.88. The monoisotopic (exact) mass is 645 g/mol. The van der Waals surface area contributed by atoms with Crippen molar-refractivity contribution in [1.82, 2.24) is 25.3 Å². The number of aliphatic hydroxyl groups excluding tert-OH is 1. The van der Waals surface area contributed by atoms with Crippen LogP contribution in [0, 0.1) is 13.8 Å². The lowest BCUT2D eigenvalue weighted by molar-refractivity contribution is 0.101. The second kappa shape index (κ2) is 16.2. The second-order valence-electron chi connectivity index (χ2n) is 10.7. The van der Waals surface area contributed by atoms with Crippen molar-refractivity contribution < 1.29 is 23.1 Å². The molecule has 12 nitrogen and oxygen atoms in total. The first-order valence-corrected chi connectivity index (χ1v) is 16.6. The summed E-state index contributed by atoms with van der Waals surface area (Å²) in [5.74, 6) is -0.677. The van der Waals surface area contributed by atoms with Gasteiger partial charge in [-0.25, -0.2) is 13.1 Å². The van der Waals surface area contributed by atoms with Gasteiger partial charge in [0.1, 0.15) is 11.4 Å². The second-order valence-corrected chi connectivity index (χ2v) is 12.5. The molecular formula is C33H39N7O5S. The van der Waals surface area contributed by atoms with Gasteiger partial charge in [0, 0.05) is 56.5 Å². The van der Waals surface area contributed by atoms with E-state index in [2.05, 4.69) is 36.0 Å². The Morgan fingerprint density at radius 2 is 1.17 bits per heavy atom. The average Bonchev–Trinajstić information content (AvgIpc) is 3.03. The number of hydrogen-bond donors (Lipinski definition) is 6. The van der Waals surface area contributed by atoms with Crippen LogP contribution in [0.15, 0.2) is 73.1 Å². The summed E-state index contributed by atoms with van der Waals surface area (Å²) in [6.45, 7) is 6.15. The van der Waals surface area contributed by atoms with Crippen LogP contribution in [0.3, 0.4) is 0 Å². The first-order valence-electron chi connectivity index (χ1n) is 14.7. The van der Waals surface area contributed by atoms with E-state index in [9.17, 15) is 18.0 Å². The summed E-state index contributed by atoms with van der Waals surface area (Å²) in [7, 11) is -3.22. The maximum atomic E-state index is 13.1. The number of carbonyl (C=O) groups is 2. The highest BCUT2D eigenvalue weighted by atomic mass is 32.2. The largest absolute Gasteiger partial charge is 0.395 e. The fourth-order valence-corrected chi connectivity index (χ4v) is 5.17. The number of anilines is 2. The molecule has 0 aliphatic heterocycles. The van der Waals surface area contributed by atoms with Gasteiger partial charge in [-0.1, -0.05) is 36.4 Å². The fraction of sp³-hybridized carbons (Fsp3) is 0.273. The Hall–Kier alpha value is -4.53. The number of nitrogens with one attached hydrogen (secondary N) is 5. The van der Waals surface area contributed by atoms with Crippen LogP contribution < -0.4 is 26.0 Å². The zero-order valence-corrected chi connectivity index (χ0v) is 26.9. The van der Waals surface area contributed by atoms with Crippen molar-refractivity contribution in [2.24, 2.45) is 0 Å². The predicted molar refractivity (Wildman–Crippen MR) is 179 cm³/mol. The van der Waals surface area contributed by atoms with Gasteiger partial charge in [0.25, 0.3) is 11.8 Å². The Bertz CT molecular complexity index is 1760. The number of benzene rings is 2. The third kappa shape index (κ3) is 9.73. The topological polar surface area (TPSA) is 174 Å². The molecule has 2 amide bonds. The summed E-state index contributed by atoms with van der Waals surface area (Å²) in [5, 5.41) is 21.0. The molecule has 0 bridgehead atoms. The maximum Gasteiger partial charge on any atom is 0.274 e. The molecule has 0 atom stereocenters. The van der Waals surface area contributed by atoms with Gasteiger partial charge in [-0.2, -0.15) is 0 Å². The molecule has 2 aromatic heterocycles. The molecule has 0 aliphatic rings. The molecule has 0 spiro atoms. The zero-order valence-electron chi connectivity index (χ0n) is 26.1. The lowest BCUT2D eigenvalue weighted by Crippen LogP contribution is -2.30. The van der Waals surface area contributed by atoms with Crippen LogP contribution in [-0.2, 0) is 23.1 Å². The van der Waals surface area contributed by atoms with Crippen LogP contribution in [0.5, 0.6) is 0 Å². The molecule has 6 N–H and O–H groups in total. The third-order valence-electron chi connectivity index (χ3n) is 7.18. The molecule has 4 aromatic rings. The Morgan fingerprint density at radius 3 is 1.59 bits per heavy atom. The number of aromatic nitrogens is 2. The number of nitrogens with zero attached hydrogens (tertiary/aromatic N) is 2. The van der Waals surface area contributed by atoms with E-state index in [1.165, 1.54) is 0 Å². The van der Waals surface area contributed by atoms with Crippen LogP contribution in [0.4, 0.5) is 11.4 Å². The molecule has 0 saturated heterocycles. The molecule has 4 rings (SSSR count). The number of carbonyl (C=O) groups excluding carboxylic acids is 2. The molecule has 13 heteroatoms. The molecule has 0 fully saturated rings. The van der Waals surface area contributed by atoms with Gasteiger partial charge in [0.15, 0.2) is 0 Å². The first-order chi connectivity index (χ1) is 22.1. The van der Waals surface area contributed by atoms with Gasteiger partial charge in [-0.05, 0) is 71.5 Å². The number of aliphatic hydroxyl groups is 1. The van der Waals surface area contributed by atoms with E-state index in [1.807, 2.05) is 56.3 Å². The van der Waals surface area contributed by atoms with Gasteiger partial charge < -0.3 is 26.4 Å². The van der Waals surface area contributed by atoms with Gasteiger partial charge in [-0.15, -0.1) is 0 Å². The van der Waals surface area contributed by atoms with Crippen molar-refractivity contribution in [3.8, 4) is 11.1 Å². The summed E-state index contributed by atoms with van der Waals surface area (Å²) >= 11 is 0. The van der Waals surface area contributed by atoms with E-state index in [0.29, 0.717) is 37.6 Å². The molecule has 0 unspecified atom stereocenters. The normalized spacial score (nSPS) is 11.3. The standard InChI is InChI=1S/C33H39N7O5S/c1-22-26(27-7-5-9-29(23(27)2)40-33(43)31-13-11-25(21-37-31)19-35-16-17-41)6-4-8-28(22)39-32(42)30-12-10-24(20-36-30)18-34-14-15-38-46(3,44)45/h4-13,20-21,34-35,38,41H,14-19H2,1-3H3,(H,39,42)(H,40,43). The highest BCUT2D eigenvalue weighted by Gasteiger charge is 2.16. The van der Waals surface area contributed by atoms with Crippen molar-refractivity contribution in [1.29, 1.82) is 0 Å². The number of rotatable bonds is 15. The molecule has 242 valence electrons. The Morgan fingerprint density at radius 1 is 0.696 bits per heavy atom. The summed E-state index contributed by atoms with van der Waals surface area (Å²) in [5.41, 5.74) is 7.14. The van der Waals surface area contributed by atoms with Crippen molar-refractivity contribution in [2.75, 3.05) is 43.1 Å². The molecule has 0 radical (unpaired) electrons. The first kappa shape index (κ1) is 34.3. The molecule has 2 aromatic carbocycles. The summed E-state index contributed by atoms with van der Waals surface area (Å²) < 4.78 is 24.7. The van der Waals surface area contributed by atoms with Crippen molar-refractivity contribution in [3.63, 3.8) is 0 Å². The number of pyridine rings is 2. The quantitative estimate of drug-likeness (QED) is 0.106. The smallest absolute Gasteiger partial charge is 0.274 e. The number of sulfonamides is 1.